The van der Waals surface area contributed by atoms with E-state index in [0.717, 1.165) is 5.92 Å². The summed E-state index contributed by atoms with van der Waals surface area (Å²) in [6.45, 7) is 7.00. The molecule has 140 valence electrons. The van der Waals surface area contributed by atoms with Crippen LogP contribution >= 0.6 is 0 Å². The van der Waals surface area contributed by atoms with Crippen molar-refractivity contribution in [3.63, 3.8) is 0 Å². The molecule has 0 N–H and O–H groups in total. The van der Waals surface area contributed by atoms with Gasteiger partial charge < -0.3 is 0 Å². The molecule has 0 heteroatoms. The van der Waals surface area contributed by atoms with Crippen LogP contribution in [0.5, 0.6) is 0 Å². The SMILES string of the molecule is CCCCCCCCCCCCCCC(CC)CCCCCC. The lowest BCUT2D eigenvalue weighted by Gasteiger charge is -2.14. The standard InChI is InChI=1S/C23H48/c1-4-7-9-11-12-13-14-15-16-17-18-20-22-23(6-3)21-19-10-8-5-2/h23H,4-22H2,1-3H3. The number of rotatable bonds is 19. The third-order valence-electron chi connectivity index (χ3n) is 5.51. The smallest absolute Gasteiger partial charge is 0.0417 e. The maximum Gasteiger partial charge on any atom is -0.0417 e. The van der Waals surface area contributed by atoms with Crippen LogP contribution in [0.25, 0.3) is 0 Å². The van der Waals surface area contributed by atoms with Crippen molar-refractivity contribution < 1.29 is 0 Å². The van der Waals surface area contributed by atoms with Gasteiger partial charge in [-0.3, -0.25) is 0 Å². The van der Waals surface area contributed by atoms with Gasteiger partial charge in [-0.25, -0.2) is 0 Å². The van der Waals surface area contributed by atoms with Crippen molar-refractivity contribution in [2.45, 2.75) is 143 Å². The van der Waals surface area contributed by atoms with Gasteiger partial charge in [-0.15, -0.1) is 0 Å². The summed E-state index contributed by atoms with van der Waals surface area (Å²) in [6.07, 6.45) is 27.8. The van der Waals surface area contributed by atoms with Gasteiger partial charge in [-0.05, 0) is 5.92 Å². The van der Waals surface area contributed by atoms with Crippen LogP contribution in [0.4, 0.5) is 0 Å². The second-order valence-corrected chi connectivity index (χ2v) is 7.80. The molecule has 23 heavy (non-hydrogen) atoms. The molecule has 0 aromatic rings. The van der Waals surface area contributed by atoms with Crippen molar-refractivity contribution in [2.24, 2.45) is 5.92 Å². The van der Waals surface area contributed by atoms with Gasteiger partial charge in [-0.1, -0.05) is 143 Å². The minimum Gasteiger partial charge on any atom is -0.0654 e. The summed E-state index contributed by atoms with van der Waals surface area (Å²) in [5.41, 5.74) is 0. The average molecular weight is 325 g/mol. The lowest BCUT2D eigenvalue weighted by atomic mass is 9.92. The lowest BCUT2D eigenvalue weighted by molar-refractivity contribution is 0.393. The van der Waals surface area contributed by atoms with Crippen molar-refractivity contribution in [2.75, 3.05) is 0 Å². The molecule has 1 unspecified atom stereocenters. The van der Waals surface area contributed by atoms with Crippen LogP contribution in [-0.4, -0.2) is 0 Å². The highest BCUT2D eigenvalue weighted by molar-refractivity contribution is 4.59. The van der Waals surface area contributed by atoms with E-state index in [4.69, 9.17) is 0 Å². The Morgan fingerprint density at radius 3 is 1.04 bits per heavy atom. The van der Waals surface area contributed by atoms with E-state index in [1.54, 1.807) is 0 Å². The molecule has 0 aliphatic rings. The van der Waals surface area contributed by atoms with Gasteiger partial charge >= 0.3 is 0 Å². The molecule has 0 saturated heterocycles. The quantitative estimate of drug-likeness (QED) is 0.208. The fraction of sp³-hybridized carbons (Fsp3) is 1.00. The predicted molar refractivity (Wildman–Crippen MR) is 108 cm³/mol. The molecule has 0 radical (unpaired) electrons. The van der Waals surface area contributed by atoms with Gasteiger partial charge in [0, 0.05) is 0 Å². The fourth-order valence-corrected chi connectivity index (χ4v) is 3.69. The molecule has 0 fully saturated rings. The van der Waals surface area contributed by atoms with Crippen LogP contribution in [0.1, 0.15) is 143 Å². The molecule has 0 aliphatic carbocycles. The summed E-state index contributed by atoms with van der Waals surface area (Å²) in [4.78, 5) is 0. The Labute approximate surface area is 149 Å². The lowest BCUT2D eigenvalue weighted by Crippen LogP contribution is -1.99. The Hall–Kier alpha value is 0. The second kappa shape index (κ2) is 20.0. The summed E-state index contributed by atoms with van der Waals surface area (Å²) in [6, 6.07) is 0. The molecule has 0 aromatic carbocycles. The van der Waals surface area contributed by atoms with Crippen LogP contribution < -0.4 is 0 Å². The molecule has 1 atom stereocenters. The first kappa shape index (κ1) is 23.0. The Morgan fingerprint density at radius 1 is 0.391 bits per heavy atom. The van der Waals surface area contributed by atoms with Crippen molar-refractivity contribution in [1.82, 2.24) is 0 Å². The van der Waals surface area contributed by atoms with E-state index < -0.39 is 0 Å². The molecule has 0 amide bonds. The number of hydrogen-bond acceptors (Lipinski definition) is 0. The second-order valence-electron chi connectivity index (χ2n) is 7.80. The van der Waals surface area contributed by atoms with Gasteiger partial charge in [0.05, 0.1) is 0 Å². The monoisotopic (exact) mass is 324 g/mol. The van der Waals surface area contributed by atoms with E-state index in [2.05, 4.69) is 20.8 Å². The average Bonchev–Trinajstić information content (AvgIpc) is 2.57. The third-order valence-corrected chi connectivity index (χ3v) is 5.51. The van der Waals surface area contributed by atoms with Crippen molar-refractivity contribution in [1.29, 1.82) is 0 Å². The predicted octanol–water partition coefficient (Wildman–Crippen LogP) is 9.07. The van der Waals surface area contributed by atoms with Crippen LogP contribution in [0.2, 0.25) is 0 Å². The molecule has 0 bridgehead atoms. The van der Waals surface area contributed by atoms with Gasteiger partial charge in [0.1, 0.15) is 0 Å². The molecule has 0 saturated carbocycles. The van der Waals surface area contributed by atoms with E-state index in [-0.39, 0.29) is 0 Å². The Balaban J connectivity index is 3.21. The third kappa shape index (κ3) is 18.2. The van der Waals surface area contributed by atoms with Gasteiger partial charge in [-0.2, -0.15) is 0 Å². The van der Waals surface area contributed by atoms with E-state index >= 15 is 0 Å². The van der Waals surface area contributed by atoms with Crippen LogP contribution in [-0.2, 0) is 0 Å². The van der Waals surface area contributed by atoms with Gasteiger partial charge in [0.25, 0.3) is 0 Å². The summed E-state index contributed by atoms with van der Waals surface area (Å²) >= 11 is 0. The molecular formula is C23H48. The minimum atomic E-state index is 1.02. The Morgan fingerprint density at radius 2 is 0.696 bits per heavy atom. The van der Waals surface area contributed by atoms with E-state index in [1.165, 1.54) is 122 Å². The Kier molecular flexibility index (Phi) is 20.0. The Bertz CT molecular complexity index is 196. The van der Waals surface area contributed by atoms with Crippen LogP contribution in [0.3, 0.4) is 0 Å². The summed E-state index contributed by atoms with van der Waals surface area (Å²) < 4.78 is 0. The van der Waals surface area contributed by atoms with Crippen LogP contribution in [0, 0.1) is 5.92 Å². The molecule has 0 aromatic heterocycles. The maximum absolute atomic E-state index is 2.39. The maximum atomic E-state index is 2.39. The summed E-state index contributed by atoms with van der Waals surface area (Å²) in [5.74, 6) is 1.02. The zero-order valence-corrected chi connectivity index (χ0v) is 17.0. The summed E-state index contributed by atoms with van der Waals surface area (Å²) in [7, 11) is 0. The van der Waals surface area contributed by atoms with Crippen molar-refractivity contribution in [3.05, 3.63) is 0 Å². The zero-order valence-electron chi connectivity index (χ0n) is 17.0. The van der Waals surface area contributed by atoms with Crippen LogP contribution in [0.15, 0.2) is 0 Å². The van der Waals surface area contributed by atoms with Crippen molar-refractivity contribution in [3.8, 4) is 0 Å². The molecular weight excluding hydrogens is 276 g/mol. The number of hydrogen-bond donors (Lipinski definition) is 0. The van der Waals surface area contributed by atoms with Gasteiger partial charge in [0.15, 0.2) is 0 Å². The minimum absolute atomic E-state index is 1.02. The molecule has 0 rings (SSSR count). The highest BCUT2D eigenvalue weighted by atomic mass is 14.1. The van der Waals surface area contributed by atoms with E-state index in [1.807, 2.05) is 0 Å². The highest BCUT2D eigenvalue weighted by Crippen LogP contribution is 2.21. The first-order chi connectivity index (χ1) is 11.3. The van der Waals surface area contributed by atoms with E-state index in [9.17, 15) is 0 Å². The first-order valence-corrected chi connectivity index (χ1v) is 11.3. The van der Waals surface area contributed by atoms with Gasteiger partial charge in [0.2, 0.25) is 0 Å². The fourth-order valence-electron chi connectivity index (χ4n) is 3.69. The normalized spacial score (nSPS) is 12.7. The van der Waals surface area contributed by atoms with Crippen molar-refractivity contribution >= 4 is 0 Å². The molecule has 0 heterocycles. The summed E-state index contributed by atoms with van der Waals surface area (Å²) in [5, 5.41) is 0. The molecule has 0 nitrogen and oxygen atoms in total. The number of unbranched alkanes of at least 4 members (excludes halogenated alkanes) is 14. The first-order valence-electron chi connectivity index (χ1n) is 11.3. The molecule has 0 aliphatic heterocycles. The van der Waals surface area contributed by atoms with E-state index in [0.29, 0.717) is 0 Å². The largest absolute Gasteiger partial charge is 0.0654 e. The topological polar surface area (TPSA) is 0 Å². The zero-order chi connectivity index (χ0) is 17.0. The molecule has 0 spiro atoms. The highest BCUT2D eigenvalue weighted by Gasteiger charge is 2.05.